The third-order valence-corrected chi connectivity index (χ3v) is 6.16. The first-order chi connectivity index (χ1) is 16.8. The molecule has 0 amide bonds. The zero-order chi connectivity index (χ0) is 23.3. The highest BCUT2D eigenvalue weighted by molar-refractivity contribution is 5.85. The number of tetrazole rings is 1. The fraction of sp³-hybridized carbons (Fsp3) is 0.269. The van der Waals surface area contributed by atoms with Crippen molar-refractivity contribution < 1.29 is 5.11 Å². The minimum atomic E-state index is -0.0370. The number of fused-ring (bicyclic) bond motifs is 1. The zero-order valence-corrected chi connectivity index (χ0v) is 19.1. The highest BCUT2D eigenvalue weighted by atomic mass is 16.3. The Morgan fingerprint density at radius 1 is 1.00 bits per heavy atom. The fourth-order valence-corrected chi connectivity index (χ4v) is 4.39. The number of H-pyrrole nitrogens is 2. The average molecular weight is 454 g/mol. The normalized spacial score (nSPS) is 12.3. The first-order valence-corrected chi connectivity index (χ1v) is 11.7. The van der Waals surface area contributed by atoms with Gasteiger partial charge in [-0.3, -0.25) is 0 Å². The minimum Gasteiger partial charge on any atom is -0.390 e. The Hall–Kier alpha value is -3.91. The molecule has 3 heterocycles. The Bertz CT molecular complexity index is 1380. The van der Waals surface area contributed by atoms with E-state index in [2.05, 4.69) is 61.8 Å². The van der Waals surface area contributed by atoms with Crippen molar-refractivity contribution in [2.24, 2.45) is 0 Å². The molecular formula is C26H27N7O. The van der Waals surface area contributed by atoms with Crippen LogP contribution in [0.2, 0.25) is 0 Å². The number of unbranched alkanes of at least 4 members (excludes halogenated alkanes) is 2. The maximum atomic E-state index is 9.47. The van der Waals surface area contributed by atoms with Crippen LogP contribution >= 0.6 is 0 Å². The molecule has 0 fully saturated rings. The van der Waals surface area contributed by atoms with Gasteiger partial charge in [-0.15, -0.1) is 5.10 Å². The number of aromatic nitrogens is 7. The van der Waals surface area contributed by atoms with Crippen LogP contribution in [0.15, 0.2) is 60.8 Å². The standard InChI is InChI=1S/C26H27N7O/c1-2-3-4-7-20(25-27-15-19(16-34)28-25)17-10-12-23-18(14-17)11-13-24(29-23)21-8-5-6-9-22(21)26-30-32-33-31-26/h5-6,8-15,20,34H,2-4,7,16H2,1H3,(H,27,28)(H,30,31,32,33). The van der Waals surface area contributed by atoms with Gasteiger partial charge in [0, 0.05) is 22.4 Å². The molecule has 5 aromatic rings. The number of aromatic amines is 2. The number of hydrogen-bond donors (Lipinski definition) is 3. The van der Waals surface area contributed by atoms with E-state index in [4.69, 9.17) is 4.98 Å². The summed E-state index contributed by atoms with van der Waals surface area (Å²) in [6.45, 7) is 2.17. The second-order valence-corrected chi connectivity index (χ2v) is 8.44. The van der Waals surface area contributed by atoms with Crippen molar-refractivity contribution in [2.75, 3.05) is 0 Å². The van der Waals surface area contributed by atoms with Crippen molar-refractivity contribution in [3.63, 3.8) is 0 Å². The van der Waals surface area contributed by atoms with E-state index in [1.807, 2.05) is 30.3 Å². The number of aliphatic hydroxyl groups excluding tert-OH is 1. The smallest absolute Gasteiger partial charge is 0.180 e. The van der Waals surface area contributed by atoms with Crippen LogP contribution in [0.5, 0.6) is 0 Å². The maximum absolute atomic E-state index is 9.47. The number of aliphatic hydroxyl groups is 1. The molecule has 0 aliphatic heterocycles. The molecule has 0 aliphatic rings. The number of pyridine rings is 1. The van der Waals surface area contributed by atoms with Crippen LogP contribution in [-0.2, 0) is 6.61 Å². The van der Waals surface area contributed by atoms with Gasteiger partial charge < -0.3 is 10.1 Å². The van der Waals surface area contributed by atoms with Gasteiger partial charge in [0.25, 0.3) is 0 Å². The van der Waals surface area contributed by atoms with Gasteiger partial charge in [-0.1, -0.05) is 62.6 Å². The summed E-state index contributed by atoms with van der Waals surface area (Å²) in [5, 5.41) is 24.9. The van der Waals surface area contributed by atoms with Crippen molar-refractivity contribution in [2.45, 2.75) is 45.1 Å². The topological polar surface area (TPSA) is 116 Å². The van der Waals surface area contributed by atoms with Gasteiger partial charge >= 0.3 is 0 Å². The number of benzene rings is 2. The quantitative estimate of drug-likeness (QED) is 0.270. The predicted molar refractivity (Wildman–Crippen MR) is 131 cm³/mol. The fourth-order valence-electron chi connectivity index (χ4n) is 4.39. The van der Waals surface area contributed by atoms with Crippen LogP contribution in [0.25, 0.3) is 33.5 Å². The van der Waals surface area contributed by atoms with Gasteiger partial charge in [0.05, 0.1) is 29.7 Å². The molecule has 0 saturated carbocycles. The molecule has 8 heteroatoms. The summed E-state index contributed by atoms with van der Waals surface area (Å²) >= 11 is 0. The molecule has 2 aromatic carbocycles. The molecule has 8 nitrogen and oxygen atoms in total. The third-order valence-electron chi connectivity index (χ3n) is 6.16. The van der Waals surface area contributed by atoms with Crippen LogP contribution in [0.1, 0.15) is 55.6 Å². The first-order valence-electron chi connectivity index (χ1n) is 11.7. The lowest BCUT2D eigenvalue weighted by molar-refractivity contribution is 0.277. The third kappa shape index (κ3) is 4.45. The van der Waals surface area contributed by atoms with Crippen molar-refractivity contribution in [1.29, 1.82) is 0 Å². The Labute approximate surface area is 197 Å². The molecule has 1 atom stereocenters. The summed E-state index contributed by atoms with van der Waals surface area (Å²) < 4.78 is 0. The summed E-state index contributed by atoms with van der Waals surface area (Å²) in [6.07, 6.45) is 6.20. The minimum absolute atomic E-state index is 0.0370. The van der Waals surface area contributed by atoms with E-state index >= 15 is 0 Å². The van der Waals surface area contributed by atoms with Crippen LogP contribution in [0, 0.1) is 0 Å². The molecule has 5 rings (SSSR count). The Balaban J connectivity index is 1.50. The van der Waals surface area contributed by atoms with Crippen molar-refractivity contribution in [3.05, 3.63) is 77.9 Å². The predicted octanol–water partition coefficient (Wildman–Crippen LogP) is 5.01. The SMILES string of the molecule is CCCCCC(c1ccc2nc(-c3ccccc3-c3nnn[nH]3)ccc2c1)c1ncc(CO)[nH]1. The molecule has 34 heavy (non-hydrogen) atoms. The Morgan fingerprint density at radius 3 is 2.65 bits per heavy atom. The molecule has 0 saturated heterocycles. The van der Waals surface area contributed by atoms with Gasteiger partial charge in [0.2, 0.25) is 0 Å². The van der Waals surface area contributed by atoms with E-state index in [1.54, 1.807) is 6.20 Å². The largest absolute Gasteiger partial charge is 0.390 e. The summed E-state index contributed by atoms with van der Waals surface area (Å²) in [5.74, 6) is 1.66. The lowest BCUT2D eigenvalue weighted by atomic mass is 9.91. The molecular weight excluding hydrogens is 426 g/mol. The molecule has 0 aliphatic carbocycles. The number of nitrogens with one attached hydrogen (secondary N) is 2. The zero-order valence-electron chi connectivity index (χ0n) is 19.1. The van der Waals surface area contributed by atoms with E-state index < -0.39 is 0 Å². The number of hydrogen-bond acceptors (Lipinski definition) is 6. The molecule has 3 aromatic heterocycles. The number of rotatable bonds is 9. The number of imidazole rings is 1. The van der Waals surface area contributed by atoms with Crippen LogP contribution in [-0.4, -0.2) is 40.7 Å². The molecule has 0 spiro atoms. The summed E-state index contributed by atoms with van der Waals surface area (Å²) in [7, 11) is 0. The summed E-state index contributed by atoms with van der Waals surface area (Å²) in [4.78, 5) is 12.8. The van der Waals surface area contributed by atoms with Crippen molar-refractivity contribution in [3.8, 4) is 22.6 Å². The second kappa shape index (κ2) is 9.93. The van der Waals surface area contributed by atoms with E-state index in [0.717, 1.165) is 52.1 Å². The van der Waals surface area contributed by atoms with Crippen molar-refractivity contribution in [1.82, 2.24) is 35.6 Å². The Kier molecular flexibility index (Phi) is 6.40. The molecule has 3 N–H and O–H groups in total. The maximum Gasteiger partial charge on any atom is 0.180 e. The lowest BCUT2D eigenvalue weighted by Gasteiger charge is -2.16. The van der Waals surface area contributed by atoms with E-state index in [0.29, 0.717) is 5.82 Å². The van der Waals surface area contributed by atoms with Gasteiger partial charge in [-0.05, 0) is 40.6 Å². The second-order valence-electron chi connectivity index (χ2n) is 8.44. The number of nitrogens with zero attached hydrogens (tertiary/aromatic N) is 5. The molecule has 172 valence electrons. The average Bonchev–Trinajstić information content (AvgIpc) is 3.59. The highest BCUT2D eigenvalue weighted by Crippen LogP contribution is 2.33. The van der Waals surface area contributed by atoms with E-state index in [9.17, 15) is 5.11 Å². The van der Waals surface area contributed by atoms with Crippen LogP contribution in [0.3, 0.4) is 0 Å². The van der Waals surface area contributed by atoms with Crippen LogP contribution < -0.4 is 0 Å². The van der Waals surface area contributed by atoms with Gasteiger partial charge in [-0.2, -0.15) is 0 Å². The monoisotopic (exact) mass is 453 g/mol. The molecule has 1 unspecified atom stereocenters. The van der Waals surface area contributed by atoms with Crippen molar-refractivity contribution >= 4 is 10.9 Å². The summed E-state index contributed by atoms with van der Waals surface area (Å²) in [5.41, 5.74) is 5.61. The van der Waals surface area contributed by atoms with Gasteiger partial charge in [-0.25, -0.2) is 15.1 Å². The molecule has 0 radical (unpaired) electrons. The van der Waals surface area contributed by atoms with E-state index in [-0.39, 0.29) is 12.5 Å². The lowest BCUT2D eigenvalue weighted by Crippen LogP contribution is -2.04. The molecule has 0 bridgehead atoms. The highest BCUT2D eigenvalue weighted by Gasteiger charge is 2.18. The first kappa shape index (κ1) is 21.9. The summed E-state index contributed by atoms with van der Waals surface area (Å²) in [6, 6.07) is 18.5. The van der Waals surface area contributed by atoms with Gasteiger partial charge in [0.1, 0.15) is 5.82 Å². The van der Waals surface area contributed by atoms with Gasteiger partial charge in [0.15, 0.2) is 5.82 Å². The van der Waals surface area contributed by atoms with Crippen LogP contribution in [0.4, 0.5) is 0 Å². The Morgan fingerprint density at radius 2 is 1.88 bits per heavy atom. The van der Waals surface area contributed by atoms with E-state index in [1.165, 1.54) is 18.4 Å².